The first-order valence-corrected chi connectivity index (χ1v) is 6.64. The molecule has 2 N–H and O–H groups in total. The molecular formula is C12H10N4O3S. The van der Waals surface area contributed by atoms with Crippen LogP contribution >= 0.6 is 11.3 Å². The zero-order valence-corrected chi connectivity index (χ0v) is 11.0. The smallest absolute Gasteiger partial charge is 0.393 e. The minimum absolute atomic E-state index is 0.0176. The number of aromatic nitrogens is 2. The van der Waals surface area contributed by atoms with E-state index in [9.17, 15) is 10.1 Å². The summed E-state index contributed by atoms with van der Waals surface area (Å²) in [6.07, 6.45) is 1.59. The average Bonchev–Trinajstić information content (AvgIpc) is 2.98. The average molecular weight is 290 g/mol. The van der Waals surface area contributed by atoms with Crippen LogP contribution in [0.2, 0.25) is 0 Å². The molecule has 102 valence electrons. The number of thiazole rings is 1. The van der Waals surface area contributed by atoms with Crippen molar-refractivity contribution in [2.24, 2.45) is 5.73 Å². The first-order chi connectivity index (χ1) is 9.69. The highest BCUT2D eigenvalue weighted by Gasteiger charge is 2.25. The summed E-state index contributed by atoms with van der Waals surface area (Å²) in [5.41, 5.74) is 6.43. The monoisotopic (exact) mass is 290 g/mol. The number of nitrogens with two attached hydrogens (primary N) is 1. The third kappa shape index (κ3) is 2.10. The second kappa shape index (κ2) is 4.91. The molecular weight excluding hydrogens is 280 g/mol. The van der Waals surface area contributed by atoms with Gasteiger partial charge in [0.25, 0.3) is 4.96 Å². The van der Waals surface area contributed by atoms with Gasteiger partial charge in [-0.2, -0.15) is 9.38 Å². The highest BCUT2D eigenvalue weighted by Crippen LogP contribution is 2.33. The first-order valence-electron chi connectivity index (χ1n) is 5.76. The Morgan fingerprint density at radius 1 is 1.50 bits per heavy atom. The number of ether oxygens (including phenoxy) is 1. The van der Waals surface area contributed by atoms with Gasteiger partial charge < -0.3 is 20.6 Å². The maximum Gasteiger partial charge on any atom is 0.393 e. The fourth-order valence-corrected chi connectivity index (χ4v) is 2.54. The van der Waals surface area contributed by atoms with Gasteiger partial charge in [0.2, 0.25) is 0 Å². The fraction of sp³-hybridized carbons (Fsp3) is 0.0833. The largest absolute Gasteiger partial charge is 0.432 e. The summed E-state index contributed by atoms with van der Waals surface area (Å²) < 4.78 is 6.93. The molecule has 3 aromatic rings. The van der Waals surface area contributed by atoms with Gasteiger partial charge in [-0.15, -0.1) is 0 Å². The zero-order valence-electron chi connectivity index (χ0n) is 10.2. The van der Waals surface area contributed by atoms with Crippen molar-refractivity contribution in [1.82, 2.24) is 9.38 Å². The molecule has 0 unspecified atom stereocenters. The van der Waals surface area contributed by atoms with E-state index in [2.05, 4.69) is 4.98 Å². The molecule has 0 spiro atoms. The molecule has 0 aliphatic heterocycles. The molecule has 1 aromatic carbocycles. The lowest BCUT2D eigenvalue weighted by molar-refractivity contribution is -0.391. The molecule has 2 aromatic heterocycles. The van der Waals surface area contributed by atoms with Crippen molar-refractivity contribution >= 4 is 22.1 Å². The Bertz CT molecular complexity index is 780. The second-order valence-electron chi connectivity index (χ2n) is 4.01. The number of benzene rings is 1. The van der Waals surface area contributed by atoms with Gasteiger partial charge >= 0.3 is 11.7 Å². The highest BCUT2D eigenvalue weighted by molar-refractivity contribution is 7.15. The van der Waals surface area contributed by atoms with E-state index in [1.54, 1.807) is 29.8 Å². The first kappa shape index (κ1) is 12.6. The zero-order chi connectivity index (χ0) is 14.1. The maximum absolute atomic E-state index is 11.2. The van der Waals surface area contributed by atoms with Crippen LogP contribution in [0.5, 0.6) is 11.6 Å². The molecule has 0 atom stereocenters. The Hall–Kier alpha value is -2.45. The van der Waals surface area contributed by atoms with Crippen LogP contribution in [-0.4, -0.2) is 14.3 Å². The van der Waals surface area contributed by atoms with Crippen molar-refractivity contribution in [1.29, 1.82) is 0 Å². The lowest BCUT2D eigenvalue weighted by Gasteiger charge is -2.04. The van der Waals surface area contributed by atoms with Gasteiger partial charge in [-0.1, -0.05) is 23.5 Å². The number of fused-ring (bicyclic) bond motifs is 1. The normalized spacial score (nSPS) is 10.8. The van der Waals surface area contributed by atoms with E-state index in [4.69, 9.17) is 10.5 Å². The van der Waals surface area contributed by atoms with Crippen LogP contribution in [0.15, 0.2) is 35.8 Å². The standard InChI is InChI=1S/C12H10N4O3S/c13-7-8-2-1-3-9(6-8)19-10-11(16(17)18)15-4-5-20-12(15)14-10/h1-6H,7,13H2. The summed E-state index contributed by atoms with van der Waals surface area (Å²) in [5.74, 6) is 0.275. The van der Waals surface area contributed by atoms with Crippen LogP contribution < -0.4 is 10.5 Å². The van der Waals surface area contributed by atoms with Gasteiger partial charge in [0.05, 0.1) is 0 Å². The van der Waals surface area contributed by atoms with Crippen molar-refractivity contribution < 1.29 is 9.66 Å². The summed E-state index contributed by atoms with van der Waals surface area (Å²) in [7, 11) is 0. The fourth-order valence-electron chi connectivity index (χ4n) is 1.84. The van der Waals surface area contributed by atoms with Crippen LogP contribution in [0.4, 0.5) is 5.82 Å². The molecule has 20 heavy (non-hydrogen) atoms. The summed E-state index contributed by atoms with van der Waals surface area (Å²) in [5, 5.41) is 12.9. The lowest BCUT2D eigenvalue weighted by atomic mass is 10.2. The van der Waals surface area contributed by atoms with E-state index in [0.29, 0.717) is 17.3 Å². The van der Waals surface area contributed by atoms with Gasteiger partial charge in [-0.25, -0.2) is 0 Å². The number of rotatable bonds is 4. The topological polar surface area (TPSA) is 95.7 Å². The number of nitrogens with zero attached hydrogens (tertiary/aromatic N) is 3. The van der Waals surface area contributed by atoms with Gasteiger partial charge in [0.15, 0.2) is 0 Å². The quantitative estimate of drug-likeness (QED) is 0.588. The molecule has 0 bridgehead atoms. The van der Waals surface area contributed by atoms with E-state index in [1.807, 2.05) is 6.07 Å². The Kier molecular flexibility index (Phi) is 3.09. The van der Waals surface area contributed by atoms with Crippen LogP contribution in [0.1, 0.15) is 5.56 Å². The van der Waals surface area contributed by atoms with Crippen LogP contribution in [-0.2, 0) is 6.54 Å². The van der Waals surface area contributed by atoms with Gasteiger partial charge in [-0.3, -0.25) is 0 Å². The molecule has 0 aliphatic carbocycles. The molecule has 0 amide bonds. The van der Waals surface area contributed by atoms with Crippen molar-refractivity contribution in [2.45, 2.75) is 6.54 Å². The van der Waals surface area contributed by atoms with Crippen molar-refractivity contribution in [3.8, 4) is 11.6 Å². The molecule has 0 saturated carbocycles. The number of nitro groups is 1. The molecule has 0 radical (unpaired) electrons. The lowest BCUT2D eigenvalue weighted by Crippen LogP contribution is -1.97. The third-order valence-corrected chi connectivity index (χ3v) is 3.48. The third-order valence-electron chi connectivity index (χ3n) is 2.73. The summed E-state index contributed by atoms with van der Waals surface area (Å²) in [6, 6.07) is 7.07. The molecule has 7 nitrogen and oxygen atoms in total. The molecule has 8 heteroatoms. The number of hydrogen-bond acceptors (Lipinski definition) is 6. The predicted molar refractivity (Wildman–Crippen MR) is 74.1 cm³/mol. The molecule has 3 rings (SSSR count). The Labute approximate surface area is 117 Å². The Morgan fingerprint density at radius 2 is 2.35 bits per heavy atom. The Morgan fingerprint density at radius 3 is 3.10 bits per heavy atom. The second-order valence-corrected chi connectivity index (χ2v) is 4.88. The van der Waals surface area contributed by atoms with Crippen molar-refractivity contribution in [3.05, 3.63) is 51.5 Å². The van der Waals surface area contributed by atoms with E-state index in [0.717, 1.165) is 5.56 Å². The van der Waals surface area contributed by atoms with E-state index in [1.165, 1.54) is 15.7 Å². The van der Waals surface area contributed by atoms with Gasteiger partial charge in [-0.05, 0) is 22.6 Å². The minimum atomic E-state index is -0.505. The van der Waals surface area contributed by atoms with Crippen molar-refractivity contribution in [3.63, 3.8) is 0 Å². The van der Waals surface area contributed by atoms with E-state index in [-0.39, 0.29) is 11.7 Å². The van der Waals surface area contributed by atoms with Crippen LogP contribution in [0.3, 0.4) is 0 Å². The summed E-state index contributed by atoms with van der Waals surface area (Å²) in [4.78, 5) is 15.3. The van der Waals surface area contributed by atoms with Crippen LogP contribution in [0, 0.1) is 10.1 Å². The highest BCUT2D eigenvalue weighted by atomic mass is 32.1. The van der Waals surface area contributed by atoms with Crippen molar-refractivity contribution in [2.75, 3.05) is 0 Å². The van der Waals surface area contributed by atoms with E-state index < -0.39 is 4.92 Å². The minimum Gasteiger partial charge on any atom is -0.432 e. The Balaban J connectivity index is 2.03. The molecule has 2 heterocycles. The maximum atomic E-state index is 11.2. The number of imidazole rings is 1. The predicted octanol–water partition coefficient (Wildman–Crippen LogP) is 2.56. The molecule has 0 aliphatic rings. The molecule has 0 saturated heterocycles. The summed E-state index contributed by atoms with van der Waals surface area (Å²) >= 11 is 1.31. The van der Waals surface area contributed by atoms with Gasteiger partial charge in [0, 0.05) is 11.9 Å². The van der Waals surface area contributed by atoms with Gasteiger partial charge in [0.1, 0.15) is 11.9 Å². The van der Waals surface area contributed by atoms with E-state index >= 15 is 0 Å². The van der Waals surface area contributed by atoms with Crippen LogP contribution in [0.25, 0.3) is 4.96 Å². The summed E-state index contributed by atoms with van der Waals surface area (Å²) in [6.45, 7) is 0.373. The SMILES string of the molecule is NCc1cccc(Oc2nc3sccn3c2[N+](=O)[O-])c1. The number of hydrogen-bond donors (Lipinski definition) is 1. The molecule has 0 fully saturated rings.